The highest BCUT2D eigenvalue weighted by molar-refractivity contribution is 5.77. The number of quaternary nitrogens is 1. The van der Waals surface area contributed by atoms with Gasteiger partial charge in [0.1, 0.15) is 12.3 Å². The number of amides is 1. The van der Waals surface area contributed by atoms with E-state index in [-0.39, 0.29) is 25.1 Å². The predicted molar refractivity (Wildman–Crippen MR) is 101 cm³/mol. The van der Waals surface area contributed by atoms with Gasteiger partial charge in [-0.15, -0.1) is 5.10 Å². The van der Waals surface area contributed by atoms with E-state index in [1.165, 1.54) is 35.1 Å². The molecule has 0 spiro atoms. The zero-order chi connectivity index (χ0) is 29.4. The fourth-order valence-electron chi connectivity index (χ4n) is 1.92. The molecule has 1 aromatic carbocycles. The summed E-state index contributed by atoms with van der Waals surface area (Å²) in [6.07, 6.45) is -0.695. The number of likely N-dealkylation sites (N-methyl/N-ethyl adjacent to an activating group) is 1. The maximum atomic E-state index is 11.8. The number of carbonyl (C=O) groups excluding carboxylic acids is 3. The van der Waals surface area contributed by atoms with Gasteiger partial charge in [-0.1, -0.05) is 5.21 Å². The summed E-state index contributed by atoms with van der Waals surface area (Å²) < 4.78 is 68.3. The molecule has 2 rings (SSSR count). The van der Waals surface area contributed by atoms with Crippen molar-refractivity contribution in [2.45, 2.75) is 12.7 Å². The highest BCUT2D eigenvalue weighted by Crippen LogP contribution is 2.15. The zero-order valence-electron chi connectivity index (χ0n) is 23.9. The van der Waals surface area contributed by atoms with Gasteiger partial charge in [0, 0.05) is 12.2 Å². The zero-order valence-corrected chi connectivity index (χ0v) is 14.9. The molecular formula is C17H25N7O5. The molecule has 0 saturated heterocycles. The molecule has 1 heterocycles. The Morgan fingerprint density at radius 3 is 2.59 bits per heavy atom. The first-order valence-corrected chi connectivity index (χ1v) is 7.76. The lowest BCUT2D eigenvalue weighted by Crippen LogP contribution is -2.50. The summed E-state index contributed by atoms with van der Waals surface area (Å²) in [5.74, 6) is 4.36. The van der Waals surface area contributed by atoms with Gasteiger partial charge in [-0.2, -0.15) is 0 Å². The summed E-state index contributed by atoms with van der Waals surface area (Å²) in [6.45, 7) is -11.6. The van der Waals surface area contributed by atoms with Crippen molar-refractivity contribution in [2.75, 3.05) is 32.9 Å². The van der Waals surface area contributed by atoms with Crippen LogP contribution < -0.4 is 21.6 Å². The van der Waals surface area contributed by atoms with E-state index in [4.69, 9.17) is 28.1 Å². The van der Waals surface area contributed by atoms with E-state index in [1.54, 1.807) is 0 Å². The highest BCUT2D eigenvalue weighted by Gasteiger charge is 2.22. The van der Waals surface area contributed by atoms with E-state index in [0.717, 1.165) is 0 Å². The van der Waals surface area contributed by atoms with Crippen LogP contribution in [0.2, 0.25) is 0 Å². The quantitative estimate of drug-likeness (QED) is 0.178. The molecule has 1 aromatic heterocycles. The molecule has 1 unspecified atom stereocenters. The van der Waals surface area contributed by atoms with Gasteiger partial charge >= 0.3 is 0 Å². The van der Waals surface area contributed by atoms with Gasteiger partial charge in [0.25, 0.3) is 0 Å². The molecular weight excluding hydrogens is 382 g/mol. The minimum atomic E-state index is -3.60. The average molecular weight is 416 g/mol. The van der Waals surface area contributed by atoms with Crippen molar-refractivity contribution in [3.05, 3.63) is 36.2 Å². The molecule has 2 aromatic rings. The Balaban J connectivity index is 0.00000229. The van der Waals surface area contributed by atoms with E-state index >= 15 is 0 Å². The van der Waals surface area contributed by atoms with Crippen LogP contribution in [0.25, 0.3) is 5.69 Å². The van der Waals surface area contributed by atoms with E-state index in [1.807, 2.05) is 0 Å². The van der Waals surface area contributed by atoms with Crippen LogP contribution in [-0.2, 0) is 25.8 Å². The second-order valence-corrected chi connectivity index (χ2v) is 5.33. The lowest BCUT2D eigenvalue weighted by atomic mass is 10.2. The number of aromatic nitrogens is 3. The number of hydrogen-bond donors (Lipinski definition) is 3. The molecule has 0 fully saturated rings. The third kappa shape index (κ3) is 8.04. The van der Waals surface area contributed by atoms with Crippen molar-refractivity contribution < 1.29 is 41.1 Å². The van der Waals surface area contributed by atoms with Crippen molar-refractivity contribution >= 4 is 24.4 Å². The average Bonchev–Trinajstić information content (AvgIpc) is 3.25. The van der Waals surface area contributed by atoms with Crippen molar-refractivity contribution in [1.29, 1.82) is 0 Å². The molecule has 0 bridgehead atoms. The van der Waals surface area contributed by atoms with Gasteiger partial charge in [-0.25, -0.2) is 10.6 Å². The summed E-state index contributed by atoms with van der Waals surface area (Å²) in [6, 6.07) is 5.72. The fraction of sp³-hybridized carbons (Fsp3) is 0.353. The topological polar surface area (TPSA) is 164 Å². The van der Waals surface area contributed by atoms with Crippen LogP contribution in [0.3, 0.4) is 0 Å². The maximum absolute atomic E-state index is 11.8. The number of aldehydes is 1. The van der Waals surface area contributed by atoms with Crippen molar-refractivity contribution in [3.63, 3.8) is 0 Å². The summed E-state index contributed by atoms with van der Waals surface area (Å²) in [4.78, 5) is 35.7. The number of nitrogens with two attached hydrogens (primary N) is 1. The number of nitrogens with zero attached hydrogens (tertiary/aromatic N) is 4. The van der Waals surface area contributed by atoms with Gasteiger partial charge in [-0.05, 0) is 24.3 Å². The van der Waals surface area contributed by atoms with Crippen LogP contribution in [0.5, 0.6) is 0 Å². The first-order valence-electron chi connectivity index (χ1n) is 12.3. The Labute approximate surface area is 180 Å². The second-order valence-electron chi connectivity index (χ2n) is 5.33. The number of hydrogen-bond acceptors (Lipinski definition) is 9. The molecule has 29 heavy (non-hydrogen) atoms. The molecule has 158 valence electrons. The molecule has 12 heteroatoms. The molecule has 0 radical (unpaired) electrons. The van der Waals surface area contributed by atoms with Gasteiger partial charge in [0.15, 0.2) is 6.29 Å². The van der Waals surface area contributed by atoms with Crippen molar-refractivity contribution in [3.8, 4) is 5.69 Å². The van der Waals surface area contributed by atoms with E-state index in [9.17, 15) is 9.59 Å². The van der Waals surface area contributed by atoms with Crippen molar-refractivity contribution in [2.24, 2.45) is 5.90 Å². The molecule has 4 N–H and O–H groups in total. The van der Waals surface area contributed by atoms with E-state index in [2.05, 4.69) is 25.8 Å². The van der Waals surface area contributed by atoms with Crippen LogP contribution >= 0.6 is 0 Å². The Bertz CT molecular complexity index is 1040. The molecule has 1 atom stereocenters. The van der Waals surface area contributed by atoms with Gasteiger partial charge in [0.2, 0.25) is 12.1 Å². The molecule has 1 amide bonds. The molecule has 0 saturated carbocycles. The van der Waals surface area contributed by atoms with Crippen LogP contribution in [0.4, 0.5) is 5.69 Å². The Morgan fingerprint density at radius 1 is 1.38 bits per heavy atom. The van der Waals surface area contributed by atoms with Gasteiger partial charge < -0.3 is 25.0 Å². The number of carboxylic acid groups (broad SMARTS) is 1. The largest absolute Gasteiger partial charge is 0.554 e. The molecule has 0 aliphatic carbocycles. The SMILES string of the molecule is O=C[O-].[2H]C([2H])([2H])[N+](C(C=O)Nc1ccc(-n2cc(CNC(=O)CON)nn2)cc1)(C([2H])([2H])[2H])C([2H])([2H])[2H]. The minimum absolute atomic E-state index is 0.0489. The summed E-state index contributed by atoms with van der Waals surface area (Å²) >= 11 is 0. The van der Waals surface area contributed by atoms with E-state index in [0.29, 0.717) is 11.4 Å². The lowest BCUT2D eigenvalue weighted by molar-refractivity contribution is -0.881. The number of benzene rings is 1. The number of anilines is 1. The highest BCUT2D eigenvalue weighted by atomic mass is 16.6. The third-order valence-corrected chi connectivity index (χ3v) is 3.21. The maximum Gasteiger partial charge on any atom is 0.248 e. The third-order valence-electron chi connectivity index (χ3n) is 3.21. The number of rotatable bonds is 9. The van der Waals surface area contributed by atoms with Gasteiger partial charge in [-0.3, -0.25) is 14.4 Å². The van der Waals surface area contributed by atoms with Crippen LogP contribution in [0.15, 0.2) is 30.5 Å². The number of carbonyl (C=O) groups is 3. The molecule has 12 nitrogen and oxygen atoms in total. The van der Waals surface area contributed by atoms with E-state index < -0.39 is 44.0 Å². The second kappa shape index (κ2) is 11.5. The van der Waals surface area contributed by atoms with Crippen LogP contribution in [0.1, 0.15) is 18.0 Å². The first kappa shape index (κ1) is 13.0. The standard InChI is InChI=1S/C16H23N7O3.CH2O2/c1-23(2,3)15(10-24)19-12-4-6-14(7-5-12)22-9-13(20-21-22)8-18-16(25)11-26-17;2-1-3/h4-7,9-10,15,19H,8,11,17H2,1-3H3;1H,(H,2,3)/i1D3,2D3,3D3;. The summed E-state index contributed by atoms with van der Waals surface area (Å²) in [7, 11) is 0. The Morgan fingerprint density at radius 2 is 2.03 bits per heavy atom. The Kier molecular flexibility index (Phi) is 5.14. The normalized spacial score (nSPS) is 17.5. The minimum Gasteiger partial charge on any atom is -0.554 e. The smallest absolute Gasteiger partial charge is 0.248 e. The number of nitrogens with one attached hydrogen (secondary N) is 2. The lowest BCUT2D eigenvalue weighted by Gasteiger charge is -2.31. The van der Waals surface area contributed by atoms with Crippen LogP contribution in [-0.4, -0.2) is 71.8 Å². The van der Waals surface area contributed by atoms with Crippen molar-refractivity contribution in [1.82, 2.24) is 20.3 Å². The fourth-order valence-corrected chi connectivity index (χ4v) is 1.92. The van der Waals surface area contributed by atoms with Gasteiger partial charge in [0.05, 0.1) is 51.7 Å². The summed E-state index contributed by atoms with van der Waals surface area (Å²) in [5, 5.41) is 21.0. The first-order chi connectivity index (χ1) is 17.5. The molecule has 0 aliphatic heterocycles. The molecule has 0 aliphatic rings. The monoisotopic (exact) mass is 416 g/mol. The Hall–Kier alpha value is -3.35. The summed E-state index contributed by atoms with van der Waals surface area (Å²) in [5.41, 5.74) is 0.964. The van der Waals surface area contributed by atoms with Crippen LogP contribution in [0, 0.1) is 0 Å². The predicted octanol–water partition coefficient (Wildman–Crippen LogP) is -2.22.